The summed E-state index contributed by atoms with van der Waals surface area (Å²) < 4.78 is 14.0. The molecule has 3 aromatic heterocycles. The molecule has 1 aromatic carbocycles. The summed E-state index contributed by atoms with van der Waals surface area (Å²) in [6.07, 6.45) is 3.42. The zero-order chi connectivity index (χ0) is 27.4. The zero-order valence-corrected chi connectivity index (χ0v) is 24.5. The molecule has 0 amide bonds. The number of aryl methyl sites for hydroxylation is 1. The second-order valence-corrected chi connectivity index (χ2v) is 13.1. The van der Waals surface area contributed by atoms with Crippen LogP contribution in [0.4, 0.5) is 0 Å². The molecule has 0 spiro atoms. The van der Waals surface area contributed by atoms with Gasteiger partial charge in [0.2, 0.25) is 5.88 Å². The first kappa shape index (κ1) is 26.1. The topological polar surface area (TPSA) is 89.7 Å². The van der Waals surface area contributed by atoms with E-state index in [0.29, 0.717) is 23.3 Å². The molecule has 3 aliphatic rings. The normalized spacial score (nSPS) is 24.1. The highest BCUT2D eigenvalue weighted by atomic mass is 32.1. The number of carboxylic acids is 1. The Labute approximate surface area is 239 Å². The number of piperidine rings is 1. The molecule has 7 rings (SSSR count). The van der Waals surface area contributed by atoms with E-state index in [1.54, 1.807) is 6.07 Å². The molecule has 4 atom stereocenters. The van der Waals surface area contributed by atoms with Gasteiger partial charge in [0.05, 0.1) is 30.4 Å². The second kappa shape index (κ2) is 10.2. The minimum atomic E-state index is -0.899. The van der Waals surface area contributed by atoms with Crippen LogP contribution in [-0.4, -0.2) is 56.3 Å². The molecule has 1 saturated carbocycles. The molecule has 3 fully saturated rings. The van der Waals surface area contributed by atoms with Crippen LogP contribution in [0.3, 0.4) is 0 Å². The Balaban J connectivity index is 1.03. The maximum absolute atomic E-state index is 11.5. The van der Waals surface area contributed by atoms with Gasteiger partial charge in [-0.1, -0.05) is 29.8 Å². The van der Waals surface area contributed by atoms with E-state index in [-0.39, 0.29) is 11.5 Å². The van der Waals surface area contributed by atoms with Gasteiger partial charge in [0.1, 0.15) is 22.1 Å². The third kappa shape index (κ3) is 4.83. The van der Waals surface area contributed by atoms with Crippen molar-refractivity contribution in [1.82, 2.24) is 19.4 Å². The number of aromatic carboxylic acids is 1. The number of hydrogen-bond acceptors (Lipinski definition) is 7. The number of likely N-dealkylation sites (tertiary alicyclic amines) is 1. The fraction of sp³-hybridized carbons (Fsp3) is 0.433. The summed E-state index contributed by atoms with van der Waals surface area (Å²) in [5.74, 6) is 1.35. The van der Waals surface area contributed by atoms with Gasteiger partial charge in [0, 0.05) is 24.6 Å². The smallest absolute Gasteiger partial charge is 0.346 e. The number of carboxylic acid groups (broad SMARTS) is 1. The quantitative estimate of drug-likeness (QED) is 0.293. The third-order valence-corrected chi connectivity index (χ3v) is 10.3. The average molecular weight is 577 g/mol. The number of ether oxygens (including phenoxy) is 2. The molecule has 1 N–H and O–H groups in total. The molecule has 4 aromatic rings. The third-order valence-electron chi connectivity index (χ3n) is 8.78. The van der Waals surface area contributed by atoms with Gasteiger partial charge >= 0.3 is 5.97 Å². The fourth-order valence-corrected chi connectivity index (χ4v) is 7.60. The molecule has 5 heterocycles. The number of thiophene rings is 1. The number of imidazole rings is 1. The van der Waals surface area contributed by atoms with Crippen molar-refractivity contribution in [1.29, 1.82) is 0 Å². The lowest BCUT2D eigenvalue weighted by atomic mass is 9.91. The molecule has 2 saturated heterocycles. The molecular formula is C30H33N4O4PS. The van der Waals surface area contributed by atoms with Crippen molar-refractivity contribution < 1.29 is 19.4 Å². The molecule has 0 radical (unpaired) electrons. The van der Waals surface area contributed by atoms with Gasteiger partial charge in [-0.3, -0.25) is 4.90 Å². The molecule has 40 heavy (non-hydrogen) atoms. The summed E-state index contributed by atoms with van der Waals surface area (Å²) in [5, 5.41) is 10.6. The molecule has 1 aliphatic carbocycles. The number of aromatic nitrogens is 3. The van der Waals surface area contributed by atoms with E-state index in [2.05, 4.69) is 56.0 Å². The predicted molar refractivity (Wildman–Crippen MR) is 158 cm³/mol. The highest BCUT2D eigenvalue weighted by Gasteiger charge is 2.58. The predicted octanol–water partition coefficient (Wildman–Crippen LogP) is 4.53. The average Bonchev–Trinajstić information content (AvgIpc) is 3.36. The molecule has 0 bridgehead atoms. The lowest BCUT2D eigenvalue weighted by Gasteiger charge is -2.32. The van der Waals surface area contributed by atoms with E-state index in [9.17, 15) is 9.90 Å². The highest BCUT2D eigenvalue weighted by molar-refractivity contribution is 7.27. The molecule has 4 unspecified atom stereocenters. The first-order valence-corrected chi connectivity index (χ1v) is 15.3. The summed E-state index contributed by atoms with van der Waals surface area (Å²) in [4.78, 5) is 25.0. The Bertz CT molecular complexity index is 1600. The number of fused-ring (bicyclic) bond motifs is 2. The maximum Gasteiger partial charge on any atom is 0.346 e. The van der Waals surface area contributed by atoms with Crippen LogP contribution >= 0.6 is 20.6 Å². The summed E-state index contributed by atoms with van der Waals surface area (Å²) in [7, 11) is 2.80. The fourth-order valence-electron chi connectivity index (χ4n) is 6.27. The van der Waals surface area contributed by atoms with Gasteiger partial charge in [-0.2, -0.15) is 0 Å². The molecular weight excluding hydrogens is 543 g/mol. The van der Waals surface area contributed by atoms with Crippen LogP contribution in [0.1, 0.15) is 51.6 Å². The first-order valence-electron chi connectivity index (χ1n) is 13.9. The highest BCUT2D eigenvalue weighted by Crippen LogP contribution is 2.59. The number of hydrogen-bond donors (Lipinski definition) is 1. The van der Waals surface area contributed by atoms with E-state index in [0.717, 1.165) is 84.8 Å². The number of pyridine rings is 1. The number of nitrogens with zero attached hydrogens (tertiary/aromatic N) is 4. The van der Waals surface area contributed by atoms with Gasteiger partial charge < -0.3 is 19.1 Å². The van der Waals surface area contributed by atoms with Gasteiger partial charge in [-0.15, -0.1) is 20.6 Å². The van der Waals surface area contributed by atoms with Gasteiger partial charge in [0.25, 0.3) is 0 Å². The van der Waals surface area contributed by atoms with Crippen molar-refractivity contribution in [2.75, 3.05) is 19.7 Å². The van der Waals surface area contributed by atoms with Crippen molar-refractivity contribution in [3.8, 4) is 5.88 Å². The van der Waals surface area contributed by atoms with E-state index >= 15 is 0 Å². The van der Waals surface area contributed by atoms with Crippen LogP contribution in [0.15, 0.2) is 42.5 Å². The van der Waals surface area contributed by atoms with E-state index in [1.807, 2.05) is 6.07 Å². The first-order chi connectivity index (χ1) is 19.4. The lowest BCUT2D eigenvalue weighted by molar-refractivity contribution is -0.0592. The van der Waals surface area contributed by atoms with Crippen LogP contribution in [0, 0.1) is 12.8 Å². The molecule has 2 aliphatic heterocycles. The Morgan fingerprint density at radius 3 is 2.90 bits per heavy atom. The van der Waals surface area contributed by atoms with Crippen molar-refractivity contribution in [2.45, 2.75) is 57.4 Å². The SMILES string of the molecule is Cc1ccc(COc2cccc(C34CCN(Cc5nc6sc(C(=O)O)cc6n5CC5CCO5)CC3C4)n2)c(P)c1. The van der Waals surface area contributed by atoms with Crippen LogP contribution in [0.5, 0.6) is 5.88 Å². The van der Waals surface area contributed by atoms with E-state index in [4.69, 9.17) is 19.4 Å². The largest absolute Gasteiger partial charge is 0.477 e. The number of benzene rings is 1. The standard InChI is InChI=1S/C30H33N4O4PS/c1-18-5-6-19(23(39)11-18)17-38-27-4-2-3-25(31-27)30-8-9-33(14-20(30)13-30)16-26-32-28-22(12-24(40-28)29(35)36)34(26)15-21-7-10-37-21/h2-6,11-12,20-21H,7-10,13-17,39H2,1H3,(H,35,36). The van der Waals surface area contributed by atoms with Gasteiger partial charge in [-0.25, -0.2) is 14.8 Å². The Hall–Kier alpha value is -2.84. The monoisotopic (exact) mass is 576 g/mol. The summed E-state index contributed by atoms with van der Waals surface area (Å²) in [5.41, 5.74) is 4.58. The van der Waals surface area contributed by atoms with Crippen molar-refractivity contribution in [3.63, 3.8) is 0 Å². The van der Waals surface area contributed by atoms with Crippen LogP contribution in [0.2, 0.25) is 0 Å². The molecule has 8 nitrogen and oxygen atoms in total. The van der Waals surface area contributed by atoms with Crippen LogP contribution in [0.25, 0.3) is 10.3 Å². The maximum atomic E-state index is 11.5. The van der Waals surface area contributed by atoms with Crippen molar-refractivity contribution in [2.24, 2.45) is 5.92 Å². The lowest BCUT2D eigenvalue weighted by Crippen LogP contribution is -2.37. The summed E-state index contributed by atoms with van der Waals surface area (Å²) >= 11 is 1.25. The Morgan fingerprint density at radius 1 is 1.27 bits per heavy atom. The summed E-state index contributed by atoms with van der Waals surface area (Å²) in [6.45, 7) is 6.86. The van der Waals surface area contributed by atoms with E-state index < -0.39 is 5.97 Å². The van der Waals surface area contributed by atoms with E-state index in [1.165, 1.54) is 16.9 Å². The van der Waals surface area contributed by atoms with Crippen LogP contribution in [-0.2, 0) is 29.8 Å². The van der Waals surface area contributed by atoms with Gasteiger partial charge in [0.15, 0.2) is 0 Å². The minimum Gasteiger partial charge on any atom is -0.477 e. The zero-order valence-electron chi connectivity index (χ0n) is 22.5. The Morgan fingerprint density at radius 2 is 2.15 bits per heavy atom. The van der Waals surface area contributed by atoms with Crippen molar-refractivity contribution in [3.05, 3.63) is 70.0 Å². The molecule has 10 heteroatoms. The summed E-state index contributed by atoms with van der Waals surface area (Å²) in [6, 6.07) is 14.3. The Kier molecular flexibility index (Phi) is 6.66. The van der Waals surface area contributed by atoms with Gasteiger partial charge in [-0.05, 0) is 61.6 Å². The second-order valence-electron chi connectivity index (χ2n) is 11.4. The van der Waals surface area contributed by atoms with Crippen LogP contribution < -0.4 is 10.0 Å². The number of rotatable bonds is 9. The minimum absolute atomic E-state index is 0.136. The van der Waals surface area contributed by atoms with Crippen molar-refractivity contribution >= 4 is 42.2 Å². The number of carbonyl (C=O) groups is 1. The molecule has 208 valence electrons.